The van der Waals surface area contributed by atoms with Gasteiger partial charge in [-0.1, -0.05) is 13.8 Å². The van der Waals surface area contributed by atoms with Crippen LogP contribution in [0, 0.1) is 11.3 Å². The Morgan fingerprint density at radius 2 is 2.29 bits per heavy atom. The first-order valence-electron chi connectivity index (χ1n) is 5.09. The van der Waals surface area contributed by atoms with E-state index in [9.17, 15) is 9.59 Å². The van der Waals surface area contributed by atoms with E-state index in [0.717, 1.165) is 0 Å². The van der Waals surface area contributed by atoms with E-state index in [4.69, 9.17) is 5.11 Å². The van der Waals surface area contributed by atoms with Crippen molar-refractivity contribution in [3.63, 3.8) is 0 Å². The Kier molecular flexibility index (Phi) is 3.13. The topological polar surface area (TPSA) is 66.4 Å². The fraction of sp³-hybridized carbons (Fsp3) is 0.800. The number of amides is 1. The van der Waals surface area contributed by atoms with E-state index in [1.807, 2.05) is 13.8 Å². The summed E-state index contributed by atoms with van der Waals surface area (Å²) in [5.74, 6) is -1.49. The maximum absolute atomic E-state index is 11.7. The minimum atomic E-state index is -0.855. The van der Waals surface area contributed by atoms with Crippen LogP contribution in [-0.4, -0.2) is 23.5 Å². The molecule has 0 radical (unpaired) electrons. The molecule has 1 saturated heterocycles. The Balaban J connectivity index is 2.98. The van der Waals surface area contributed by atoms with Crippen molar-refractivity contribution in [1.82, 2.24) is 5.32 Å². The summed E-state index contributed by atoms with van der Waals surface area (Å²) in [5.41, 5.74) is -0.666. The molecule has 4 heteroatoms. The molecule has 1 heterocycles. The van der Waals surface area contributed by atoms with Crippen LogP contribution in [0.2, 0.25) is 0 Å². The number of carbonyl (C=O) groups excluding carboxylic acids is 1. The lowest BCUT2D eigenvalue weighted by Gasteiger charge is -2.30. The zero-order valence-corrected chi connectivity index (χ0v) is 8.67. The molecule has 1 fully saturated rings. The van der Waals surface area contributed by atoms with Gasteiger partial charge in [-0.15, -0.1) is 0 Å². The smallest absolute Gasteiger partial charge is 0.307 e. The third-order valence-corrected chi connectivity index (χ3v) is 3.31. The maximum atomic E-state index is 11.7. The van der Waals surface area contributed by atoms with Crippen molar-refractivity contribution in [2.75, 3.05) is 6.54 Å². The zero-order chi connectivity index (χ0) is 10.8. The van der Waals surface area contributed by atoms with Crippen LogP contribution in [0.25, 0.3) is 0 Å². The van der Waals surface area contributed by atoms with Crippen molar-refractivity contribution in [2.24, 2.45) is 11.3 Å². The van der Waals surface area contributed by atoms with Crippen LogP contribution in [0.15, 0.2) is 0 Å². The highest BCUT2D eigenvalue weighted by molar-refractivity contribution is 5.89. The minimum absolute atomic E-state index is 0.0887. The van der Waals surface area contributed by atoms with Crippen molar-refractivity contribution in [3.8, 4) is 0 Å². The number of carbonyl (C=O) groups is 2. The van der Waals surface area contributed by atoms with E-state index in [-0.39, 0.29) is 5.91 Å². The second-order valence-electron chi connectivity index (χ2n) is 3.81. The molecule has 0 bridgehead atoms. The normalized spacial score (nSPS) is 28.6. The number of nitrogens with one attached hydrogen (secondary N) is 1. The molecule has 0 spiro atoms. The molecular weight excluding hydrogens is 182 g/mol. The van der Waals surface area contributed by atoms with Crippen LogP contribution in [0.4, 0.5) is 0 Å². The highest BCUT2D eigenvalue weighted by atomic mass is 16.4. The van der Waals surface area contributed by atoms with Gasteiger partial charge < -0.3 is 10.4 Å². The Morgan fingerprint density at radius 3 is 2.57 bits per heavy atom. The summed E-state index contributed by atoms with van der Waals surface area (Å²) in [4.78, 5) is 22.7. The molecule has 4 nitrogen and oxygen atoms in total. The molecule has 1 aliphatic rings. The van der Waals surface area contributed by atoms with Gasteiger partial charge in [0.15, 0.2) is 0 Å². The van der Waals surface area contributed by atoms with Gasteiger partial charge >= 0.3 is 5.97 Å². The van der Waals surface area contributed by atoms with Gasteiger partial charge in [0.05, 0.1) is 11.3 Å². The highest BCUT2D eigenvalue weighted by Gasteiger charge is 2.49. The fourth-order valence-electron chi connectivity index (χ4n) is 2.41. The summed E-state index contributed by atoms with van der Waals surface area (Å²) in [5, 5.41) is 11.8. The molecule has 0 aromatic heterocycles. The number of carboxylic acids is 1. The van der Waals surface area contributed by atoms with Crippen LogP contribution in [0.1, 0.15) is 33.1 Å². The Hall–Kier alpha value is -1.06. The van der Waals surface area contributed by atoms with E-state index in [0.29, 0.717) is 25.8 Å². The predicted molar refractivity (Wildman–Crippen MR) is 51.8 cm³/mol. The molecule has 1 aliphatic heterocycles. The largest absolute Gasteiger partial charge is 0.481 e. The lowest BCUT2D eigenvalue weighted by Crippen LogP contribution is -2.41. The number of hydrogen-bond acceptors (Lipinski definition) is 2. The molecule has 80 valence electrons. The zero-order valence-electron chi connectivity index (χ0n) is 8.67. The Morgan fingerprint density at radius 1 is 1.64 bits per heavy atom. The van der Waals surface area contributed by atoms with E-state index in [1.54, 1.807) is 0 Å². The summed E-state index contributed by atoms with van der Waals surface area (Å²) in [6.45, 7) is 4.31. The average molecular weight is 199 g/mol. The second-order valence-corrected chi connectivity index (χ2v) is 3.81. The van der Waals surface area contributed by atoms with Crippen molar-refractivity contribution in [1.29, 1.82) is 0 Å². The summed E-state index contributed by atoms with van der Waals surface area (Å²) in [7, 11) is 0. The number of carboxylic acid groups (broad SMARTS) is 1. The quantitative estimate of drug-likeness (QED) is 0.710. The van der Waals surface area contributed by atoms with Gasteiger partial charge in [0.1, 0.15) is 0 Å². The highest BCUT2D eigenvalue weighted by Crippen LogP contribution is 2.40. The van der Waals surface area contributed by atoms with Crippen LogP contribution < -0.4 is 5.32 Å². The van der Waals surface area contributed by atoms with E-state index in [1.165, 1.54) is 0 Å². The minimum Gasteiger partial charge on any atom is -0.481 e. The Bertz CT molecular complexity index is 252. The second kappa shape index (κ2) is 3.98. The lowest BCUT2D eigenvalue weighted by molar-refractivity contribution is -0.152. The van der Waals surface area contributed by atoms with Crippen LogP contribution in [0.3, 0.4) is 0 Å². The molecule has 14 heavy (non-hydrogen) atoms. The van der Waals surface area contributed by atoms with Gasteiger partial charge in [-0.2, -0.15) is 0 Å². The van der Waals surface area contributed by atoms with Crippen LogP contribution >= 0.6 is 0 Å². The molecular formula is C10H17NO3. The van der Waals surface area contributed by atoms with E-state index >= 15 is 0 Å². The van der Waals surface area contributed by atoms with Gasteiger partial charge in [-0.05, 0) is 19.3 Å². The van der Waals surface area contributed by atoms with Crippen molar-refractivity contribution in [2.45, 2.75) is 33.1 Å². The van der Waals surface area contributed by atoms with Gasteiger partial charge in [0, 0.05) is 6.54 Å². The number of hydrogen-bond donors (Lipinski definition) is 2. The first-order chi connectivity index (χ1) is 6.58. The molecule has 2 N–H and O–H groups in total. The van der Waals surface area contributed by atoms with E-state index in [2.05, 4.69) is 5.32 Å². The van der Waals surface area contributed by atoms with Gasteiger partial charge in [-0.25, -0.2) is 0 Å². The molecule has 0 aromatic carbocycles. The molecule has 0 saturated carbocycles. The fourth-order valence-corrected chi connectivity index (χ4v) is 2.41. The third kappa shape index (κ3) is 1.49. The van der Waals surface area contributed by atoms with E-state index < -0.39 is 17.3 Å². The standard InChI is InChI=1S/C10H17NO3/c1-3-7(8(12)13)10(4-2)5-6-11-9(10)14/h7H,3-6H2,1-2H3,(H,11,14)(H,12,13). The summed E-state index contributed by atoms with van der Waals surface area (Å²) in [6, 6.07) is 0. The van der Waals surface area contributed by atoms with Crippen molar-refractivity contribution < 1.29 is 14.7 Å². The van der Waals surface area contributed by atoms with Crippen molar-refractivity contribution in [3.05, 3.63) is 0 Å². The van der Waals surface area contributed by atoms with Crippen LogP contribution in [0.5, 0.6) is 0 Å². The summed E-state index contributed by atoms with van der Waals surface area (Å²) < 4.78 is 0. The maximum Gasteiger partial charge on any atom is 0.307 e. The monoisotopic (exact) mass is 199 g/mol. The average Bonchev–Trinajstić information content (AvgIpc) is 2.49. The molecule has 1 rings (SSSR count). The summed E-state index contributed by atoms with van der Waals surface area (Å²) >= 11 is 0. The SMILES string of the molecule is CCC(C(=O)O)C1(CC)CCNC1=O. The van der Waals surface area contributed by atoms with Crippen molar-refractivity contribution >= 4 is 11.9 Å². The lowest BCUT2D eigenvalue weighted by atomic mass is 9.71. The van der Waals surface area contributed by atoms with Crippen LogP contribution in [-0.2, 0) is 9.59 Å². The molecule has 2 unspecified atom stereocenters. The van der Waals surface area contributed by atoms with Gasteiger partial charge in [-0.3, -0.25) is 9.59 Å². The number of rotatable bonds is 4. The molecule has 0 aromatic rings. The molecule has 1 amide bonds. The first kappa shape index (κ1) is 11.0. The van der Waals surface area contributed by atoms with Gasteiger partial charge in [0.2, 0.25) is 5.91 Å². The molecule has 0 aliphatic carbocycles. The first-order valence-corrected chi connectivity index (χ1v) is 5.09. The summed E-state index contributed by atoms with van der Waals surface area (Å²) in [6.07, 6.45) is 1.76. The Labute approximate surface area is 83.7 Å². The van der Waals surface area contributed by atoms with Gasteiger partial charge in [0.25, 0.3) is 0 Å². The predicted octanol–water partition coefficient (Wildman–Crippen LogP) is 1.01. The molecule has 2 atom stereocenters. The number of aliphatic carboxylic acids is 1. The third-order valence-electron chi connectivity index (χ3n) is 3.31.